The molecule has 0 atom stereocenters. The fraction of sp³-hybridized carbons (Fsp3) is 0.200. The number of aryl methyl sites for hydroxylation is 1. The van der Waals surface area contributed by atoms with Crippen LogP contribution in [0.15, 0.2) is 36.4 Å². The van der Waals surface area contributed by atoms with Crippen molar-refractivity contribution in [2.75, 3.05) is 24.3 Å². The van der Waals surface area contributed by atoms with Gasteiger partial charge in [-0.3, -0.25) is 4.79 Å². The lowest BCUT2D eigenvalue weighted by Crippen LogP contribution is -2.17. The topological polar surface area (TPSA) is 65.5 Å². The Kier molecular flexibility index (Phi) is 3.89. The average Bonchev–Trinajstić information content (AvgIpc) is 2.42. The lowest BCUT2D eigenvalue weighted by molar-refractivity contribution is 0.102. The molecule has 0 spiro atoms. The molecule has 2 rings (SSSR count). The number of hydrogen-bond donors (Lipinski definition) is 2. The first kappa shape index (κ1) is 13.9. The maximum Gasteiger partial charge on any atom is 0.274 e. The molecule has 0 aliphatic rings. The second-order valence-corrected chi connectivity index (χ2v) is 4.73. The first-order valence-electron chi connectivity index (χ1n) is 6.23. The molecule has 1 amide bonds. The summed E-state index contributed by atoms with van der Waals surface area (Å²) in [5, 5.41) is 12.1. The summed E-state index contributed by atoms with van der Waals surface area (Å²) in [6, 6.07) is 10.1. The average molecular weight is 271 g/mol. The van der Waals surface area contributed by atoms with Gasteiger partial charge in [-0.15, -0.1) is 0 Å². The molecule has 1 heterocycles. The molecular formula is C15H17N3O2. The van der Waals surface area contributed by atoms with E-state index in [1.807, 2.05) is 32.0 Å². The summed E-state index contributed by atoms with van der Waals surface area (Å²) < 4.78 is 0. The molecule has 0 radical (unpaired) electrons. The van der Waals surface area contributed by atoms with E-state index >= 15 is 0 Å². The molecule has 0 saturated heterocycles. The minimum atomic E-state index is -0.275. The number of nitrogens with zero attached hydrogens (tertiary/aromatic N) is 2. The Morgan fingerprint density at radius 3 is 2.65 bits per heavy atom. The number of carbonyl (C=O) groups is 1. The molecule has 0 unspecified atom stereocenters. The Hall–Kier alpha value is -2.56. The molecule has 5 nitrogen and oxygen atoms in total. The van der Waals surface area contributed by atoms with Crippen molar-refractivity contribution in [3.63, 3.8) is 0 Å². The number of anilines is 2. The van der Waals surface area contributed by atoms with Gasteiger partial charge in [-0.05, 0) is 42.8 Å². The van der Waals surface area contributed by atoms with Crippen LogP contribution in [0.3, 0.4) is 0 Å². The summed E-state index contributed by atoms with van der Waals surface area (Å²) in [6.45, 7) is 1.82. The third-order valence-corrected chi connectivity index (χ3v) is 2.88. The van der Waals surface area contributed by atoms with Crippen LogP contribution < -0.4 is 10.2 Å². The van der Waals surface area contributed by atoms with Crippen molar-refractivity contribution < 1.29 is 9.90 Å². The van der Waals surface area contributed by atoms with Crippen LogP contribution in [-0.4, -0.2) is 30.1 Å². The van der Waals surface area contributed by atoms with Gasteiger partial charge in [0.2, 0.25) is 0 Å². The molecule has 1 aromatic heterocycles. The standard InChI is InChI=1S/C15H17N3O2/c1-10-9-11(19)7-8-12(10)17-15(20)13-5-4-6-14(16-13)18(2)3/h4-9,19H,1-3H3,(H,17,20). The summed E-state index contributed by atoms with van der Waals surface area (Å²) in [6.07, 6.45) is 0. The predicted octanol–water partition coefficient (Wildman–Crippen LogP) is 2.41. The fourth-order valence-electron chi connectivity index (χ4n) is 1.77. The van der Waals surface area contributed by atoms with Crippen LogP contribution in [0.5, 0.6) is 5.75 Å². The van der Waals surface area contributed by atoms with Crippen molar-refractivity contribution in [3.05, 3.63) is 47.7 Å². The monoisotopic (exact) mass is 271 g/mol. The molecular weight excluding hydrogens is 254 g/mol. The Morgan fingerprint density at radius 2 is 2.00 bits per heavy atom. The highest BCUT2D eigenvalue weighted by atomic mass is 16.3. The van der Waals surface area contributed by atoms with Crippen molar-refractivity contribution in [1.82, 2.24) is 4.98 Å². The van der Waals surface area contributed by atoms with Crippen LogP contribution in [0.2, 0.25) is 0 Å². The van der Waals surface area contributed by atoms with Gasteiger partial charge in [0.1, 0.15) is 17.3 Å². The molecule has 20 heavy (non-hydrogen) atoms. The number of aromatic nitrogens is 1. The minimum Gasteiger partial charge on any atom is -0.508 e. The van der Waals surface area contributed by atoms with E-state index in [9.17, 15) is 9.90 Å². The number of phenolic OH excluding ortho intramolecular Hbond substituents is 1. The zero-order chi connectivity index (χ0) is 14.7. The van der Waals surface area contributed by atoms with Gasteiger partial charge in [0.05, 0.1) is 0 Å². The molecule has 2 aromatic rings. The van der Waals surface area contributed by atoms with Crippen molar-refractivity contribution in [2.45, 2.75) is 6.92 Å². The van der Waals surface area contributed by atoms with Gasteiger partial charge < -0.3 is 15.3 Å². The number of pyridine rings is 1. The van der Waals surface area contributed by atoms with E-state index in [2.05, 4.69) is 10.3 Å². The van der Waals surface area contributed by atoms with Crippen molar-refractivity contribution >= 4 is 17.4 Å². The second kappa shape index (κ2) is 5.61. The highest BCUT2D eigenvalue weighted by Crippen LogP contribution is 2.20. The van der Waals surface area contributed by atoms with E-state index in [0.717, 1.165) is 11.4 Å². The Morgan fingerprint density at radius 1 is 1.25 bits per heavy atom. The fourth-order valence-corrected chi connectivity index (χ4v) is 1.77. The summed E-state index contributed by atoms with van der Waals surface area (Å²) in [5.41, 5.74) is 1.80. The minimum absolute atomic E-state index is 0.174. The molecule has 0 fully saturated rings. The summed E-state index contributed by atoms with van der Waals surface area (Å²) >= 11 is 0. The predicted molar refractivity (Wildman–Crippen MR) is 79.4 cm³/mol. The van der Waals surface area contributed by atoms with Crippen LogP contribution >= 0.6 is 0 Å². The third kappa shape index (κ3) is 3.06. The molecule has 0 bridgehead atoms. The summed E-state index contributed by atoms with van der Waals surface area (Å²) in [4.78, 5) is 18.3. The first-order chi connectivity index (χ1) is 9.47. The molecule has 0 aliphatic heterocycles. The second-order valence-electron chi connectivity index (χ2n) is 4.73. The summed E-state index contributed by atoms with van der Waals surface area (Å²) in [7, 11) is 3.74. The largest absolute Gasteiger partial charge is 0.508 e. The quantitative estimate of drug-likeness (QED) is 0.841. The summed E-state index contributed by atoms with van der Waals surface area (Å²) in [5.74, 6) is 0.621. The lowest BCUT2D eigenvalue weighted by Gasteiger charge is -2.13. The van der Waals surface area contributed by atoms with E-state index in [1.165, 1.54) is 6.07 Å². The van der Waals surface area contributed by atoms with Crippen LogP contribution in [0.1, 0.15) is 16.1 Å². The smallest absolute Gasteiger partial charge is 0.274 e. The van der Waals surface area contributed by atoms with Crippen LogP contribution in [0, 0.1) is 6.92 Å². The molecule has 5 heteroatoms. The van der Waals surface area contributed by atoms with Crippen LogP contribution in [0.4, 0.5) is 11.5 Å². The molecule has 2 N–H and O–H groups in total. The Bertz CT molecular complexity index is 639. The van der Waals surface area contributed by atoms with Gasteiger partial charge in [-0.2, -0.15) is 0 Å². The van der Waals surface area contributed by atoms with Gasteiger partial charge in [-0.1, -0.05) is 6.07 Å². The van der Waals surface area contributed by atoms with Crippen molar-refractivity contribution in [3.8, 4) is 5.75 Å². The van der Waals surface area contributed by atoms with E-state index in [1.54, 1.807) is 24.3 Å². The number of amides is 1. The zero-order valence-electron chi connectivity index (χ0n) is 11.7. The van der Waals surface area contributed by atoms with E-state index in [0.29, 0.717) is 11.4 Å². The normalized spacial score (nSPS) is 10.2. The first-order valence-corrected chi connectivity index (χ1v) is 6.23. The number of hydrogen-bond acceptors (Lipinski definition) is 4. The lowest BCUT2D eigenvalue weighted by atomic mass is 10.2. The Labute approximate surface area is 117 Å². The van der Waals surface area contributed by atoms with Gasteiger partial charge >= 0.3 is 0 Å². The number of aromatic hydroxyl groups is 1. The van der Waals surface area contributed by atoms with Crippen LogP contribution in [-0.2, 0) is 0 Å². The highest BCUT2D eigenvalue weighted by Gasteiger charge is 2.10. The Balaban J connectivity index is 2.21. The molecule has 104 valence electrons. The number of rotatable bonds is 3. The SMILES string of the molecule is Cc1cc(O)ccc1NC(=O)c1cccc(N(C)C)n1. The van der Waals surface area contributed by atoms with Gasteiger partial charge in [0, 0.05) is 19.8 Å². The van der Waals surface area contributed by atoms with E-state index < -0.39 is 0 Å². The van der Waals surface area contributed by atoms with E-state index in [-0.39, 0.29) is 11.7 Å². The highest BCUT2D eigenvalue weighted by molar-refractivity contribution is 6.03. The maximum atomic E-state index is 12.2. The third-order valence-electron chi connectivity index (χ3n) is 2.88. The van der Waals surface area contributed by atoms with Crippen molar-refractivity contribution in [1.29, 1.82) is 0 Å². The van der Waals surface area contributed by atoms with E-state index in [4.69, 9.17) is 0 Å². The molecule has 1 aromatic carbocycles. The molecule has 0 aliphatic carbocycles. The molecule has 0 saturated carbocycles. The van der Waals surface area contributed by atoms with Gasteiger partial charge in [0.15, 0.2) is 0 Å². The number of nitrogens with one attached hydrogen (secondary N) is 1. The van der Waals surface area contributed by atoms with Gasteiger partial charge in [-0.25, -0.2) is 4.98 Å². The number of carbonyl (C=O) groups excluding carboxylic acids is 1. The number of benzene rings is 1. The van der Waals surface area contributed by atoms with Crippen LogP contribution in [0.25, 0.3) is 0 Å². The maximum absolute atomic E-state index is 12.2. The number of phenols is 1. The van der Waals surface area contributed by atoms with Crippen molar-refractivity contribution in [2.24, 2.45) is 0 Å². The zero-order valence-corrected chi connectivity index (χ0v) is 11.7. The van der Waals surface area contributed by atoms with Gasteiger partial charge in [0.25, 0.3) is 5.91 Å².